The van der Waals surface area contributed by atoms with E-state index in [-0.39, 0.29) is 0 Å². The lowest BCUT2D eigenvalue weighted by molar-refractivity contribution is 0.292. The molecule has 3 heterocycles. The summed E-state index contributed by atoms with van der Waals surface area (Å²) in [7, 11) is 0. The minimum Gasteiger partial charge on any atom is -0.364 e. The average molecular weight is 193 g/mol. The van der Waals surface area contributed by atoms with E-state index in [1.165, 1.54) is 26.2 Å². The third-order valence-electron chi connectivity index (χ3n) is 3.34. The van der Waals surface area contributed by atoms with Crippen molar-refractivity contribution in [3.8, 4) is 0 Å². The van der Waals surface area contributed by atoms with E-state index in [2.05, 4.69) is 15.4 Å². The third kappa shape index (κ3) is 1.44. The van der Waals surface area contributed by atoms with E-state index in [0.717, 1.165) is 24.1 Å². The van der Waals surface area contributed by atoms with Crippen LogP contribution in [0.1, 0.15) is 5.69 Å². The molecule has 3 rings (SSSR count). The molecule has 0 amide bonds. The maximum Gasteiger partial charge on any atom is 0.124 e. The molecule has 1 aromatic rings. The summed E-state index contributed by atoms with van der Waals surface area (Å²) in [5, 5.41) is 7.38. The van der Waals surface area contributed by atoms with Gasteiger partial charge in [-0.3, -0.25) is 4.90 Å². The minimum absolute atomic E-state index is 0.863. The van der Waals surface area contributed by atoms with Gasteiger partial charge in [0.1, 0.15) is 6.26 Å². The van der Waals surface area contributed by atoms with Crippen molar-refractivity contribution in [2.75, 3.05) is 26.2 Å². The molecule has 14 heavy (non-hydrogen) atoms. The van der Waals surface area contributed by atoms with Crippen LogP contribution < -0.4 is 5.32 Å². The highest BCUT2D eigenvalue weighted by Crippen LogP contribution is 2.26. The van der Waals surface area contributed by atoms with E-state index < -0.39 is 0 Å². The largest absolute Gasteiger partial charge is 0.364 e. The molecule has 2 unspecified atom stereocenters. The molecule has 2 fully saturated rings. The van der Waals surface area contributed by atoms with Crippen LogP contribution in [0.3, 0.4) is 0 Å². The summed E-state index contributed by atoms with van der Waals surface area (Å²) in [6.07, 6.45) is 1.65. The Morgan fingerprint density at radius 3 is 2.86 bits per heavy atom. The molecule has 4 nitrogen and oxygen atoms in total. The Labute approximate surface area is 83.2 Å². The number of aromatic nitrogens is 1. The van der Waals surface area contributed by atoms with Gasteiger partial charge in [-0.25, -0.2) is 0 Å². The van der Waals surface area contributed by atoms with Crippen molar-refractivity contribution in [1.29, 1.82) is 0 Å². The van der Waals surface area contributed by atoms with Crippen LogP contribution >= 0.6 is 0 Å². The summed E-state index contributed by atoms with van der Waals surface area (Å²) in [5.41, 5.74) is 1.05. The molecule has 0 spiro atoms. The molecule has 76 valence electrons. The Balaban J connectivity index is 1.61. The van der Waals surface area contributed by atoms with Crippen molar-refractivity contribution in [3.05, 3.63) is 18.0 Å². The van der Waals surface area contributed by atoms with Crippen LogP contribution in [-0.4, -0.2) is 36.2 Å². The zero-order chi connectivity index (χ0) is 9.38. The molecule has 0 radical (unpaired) electrons. The fourth-order valence-corrected chi connectivity index (χ4v) is 2.63. The number of nitrogens with one attached hydrogen (secondary N) is 1. The lowest BCUT2D eigenvalue weighted by atomic mass is 10.0. The van der Waals surface area contributed by atoms with Crippen LogP contribution in [0.4, 0.5) is 0 Å². The van der Waals surface area contributed by atoms with Gasteiger partial charge >= 0.3 is 0 Å². The molecule has 0 aromatic carbocycles. The first-order chi connectivity index (χ1) is 6.92. The zero-order valence-electron chi connectivity index (χ0n) is 8.15. The van der Waals surface area contributed by atoms with Crippen molar-refractivity contribution < 1.29 is 4.52 Å². The molecule has 2 aliphatic rings. The summed E-state index contributed by atoms with van der Waals surface area (Å²) in [6.45, 7) is 5.76. The van der Waals surface area contributed by atoms with E-state index >= 15 is 0 Å². The summed E-state index contributed by atoms with van der Waals surface area (Å²) in [6, 6.07) is 1.95. The number of fused-ring (bicyclic) bond motifs is 1. The molecule has 1 aromatic heterocycles. The Morgan fingerprint density at radius 2 is 2.21 bits per heavy atom. The lowest BCUT2D eigenvalue weighted by Gasteiger charge is -2.14. The van der Waals surface area contributed by atoms with Gasteiger partial charge in [0.15, 0.2) is 0 Å². The maximum atomic E-state index is 4.83. The van der Waals surface area contributed by atoms with Crippen LogP contribution in [0.25, 0.3) is 0 Å². The van der Waals surface area contributed by atoms with Gasteiger partial charge in [-0.15, -0.1) is 0 Å². The van der Waals surface area contributed by atoms with E-state index in [1.54, 1.807) is 6.26 Å². The first-order valence-electron chi connectivity index (χ1n) is 5.24. The number of hydrogen-bond acceptors (Lipinski definition) is 4. The summed E-state index contributed by atoms with van der Waals surface area (Å²) >= 11 is 0. The lowest BCUT2D eigenvalue weighted by Crippen LogP contribution is -2.25. The van der Waals surface area contributed by atoms with Crippen molar-refractivity contribution in [3.63, 3.8) is 0 Å². The van der Waals surface area contributed by atoms with Crippen LogP contribution in [-0.2, 0) is 6.54 Å². The van der Waals surface area contributed by atoms with Crippen molar-refractivity contribution in [1.82, 2.24) is 15.4 Å². The van der Waals surface area contributed by atoms with Crippen molar-refractivity contribution in [2.45, 2.75) is 6.54 Å². The van der Waals surface area contributed by atoms with Crippen LogP contribution in [0.5, 0.6) is 0 Å². The van der Waals surface area contributed by atoms with E-state index in [1.807, 2.05) is 6.07 Å². The number of likely N-dealkylation sites (tertiary alicyclic amines) is 1. The fourth-order valence-electron chi connectivity index (χ4n) is 2.63. The topological polar surface area (TPSA) is 41.3 Å². The highest BCUT2D eigenvalue weighted by atomic mass is 16.5. The Kier molecular flexibility index (Phi) is 2.03. The second-order valence-corrected chi connectivity index (χ2v) is 4.36. The van der Waals surface area contributed by atoms with Crippen molar-refractivity contribution in [2.24, 2.45) is 11.8 Å². The number of hydrogen-bond donors (Lipinski definition) is 1. The summed E-state index contributed by atoms with van der Waals surface area (Å²) in [4.78, 5) is 2.48. The molecular weight excluding hydrogens is 178 g/mol. The van der Waals surface area contributed by atoms with E-state index in [4.69, 9.17) is 4.52 Å². The first-order valence-corrected chi connectivity index (χ1v) is 5.24. The first kappa shape index (κ1) is 8.44. The standard InChI is InChI=1S/C10H15N3O/c1-2-14-12-10(1)7-13-5-8-3-11-4-9(8)6-13/h1-2,8-9,11H,3-7H2. The monoisotopic (exact) mass is 193 g/mol. The van der Waals surface area contributed by atoms with E-state index in [0.29, 0.717) is 0 Å². The van der Waals surface area contributed by atoms with Crippen LogP contribution in [0.2, 0.25) is 0 Å². The van der Waals surface area contributed by atoms with Crippen LogP contribution in [0, 0.1) is 11.8 Å². The Morgan fingerprint density at radius 1 is 1.43 bits per heavy atom. The van der Waals surface area contributed by atoms with Gasteiger partial charge in [0.05, 0.1) is 5.69 Å². The average Bonchev–Trinajstić information content (AvgIpc) is 2.78. The predicted octanol–water partition coefficient (Wildman–Crippen LogP) is 0.326. The Hall–Kier alpha value is -0.870. The predicted molar refractivity (Wildman–Crippen MR) is 51.6 cm³/mol. The number of nitrogens with zero attached hydrogens (tertiary/aromatic N) is 2. The molecule has 2 aliphatic heterocycles. The second-order valence-electron chi connectivity index (χ2n) is 4.36. The van der Waals surface area contributed by atoms with Gasteiger partial charge in [0, 0.05) is 25.7 Å². The highest BCUT2D eigenvalue weighted by molar-refractivity contribution is 4.98. The van der Waals surface area contributed by atoms with Crippen LogP contribution in [0.15, 0.2) is 16.9 Å². The maximum absolute atomic E-state index is 4.83. The Bertz CT molecular complexity index is 286. The normalized spacial score (nSPS) is 32.3. The molecule has 1 N–H and O–H groups in total. The van der Waals surface area contributed by atoms with Gasteiger partial charge in [0.25, 0.3) is 0 Å². The van der Waals surface area contributed by atoms with Gasteiger partial charge < -0.3 is 9.84 Å². The molecular formula is C10H15N3O. The quantitative estimate of drug-likeness (QED) is 0.734. The van der Waals surface area contributed by atoms with Crippen molar-refractivity contribution >= 4 is 0 Å². The van der Waals surface area contributed by atoms with Gasteiger partial charge in [0.2, 0.25) is 0 Å². The summed E-state index contributed by atoms with van der Waals surface area (Å²) < 4.78 is 4.83. The molecule has 4 heteroatoms. The fraction of sp³-hybridized carbons (Fsp3) is 0.700. The van der Waals surface area contributed by atoms with Gasteiger partial charge in [-0.1, -0.05) is 5.16 Å². The van der Waals surface area contributed by atoms with Gasteiger partial charge in [-0.2, -0.15) is 0 Å². The molecule has 0 saturated carbocycles. The third-order valence-corrected chi connectivity index (χ3v) is 3.34. The van der Waals surface area contributed by atoms with Gasteiger partial charge in [-0.05, 0) is 24.9 Å². The SMILES string of the molecule is c1cc(CN2CC3CNCC3C2)no1. The second kappa shape index (κ2) is 3.37. The summed E-state index contributed by atoms with van der Waals surface area (Å²) in [5.74, 6) is 1.73. The zero-order valence-corrected chi connectivity index (χ0v) is 8.15. The molecule has 2 atom stereocenters. The molecule has 2 saturated heterocycles. The molecule has 0 aliphatic carbocycles. The van der Waals surface area contributed by atoms with E-state index in [9.17, 15) is 0 Å². The number of rotatable bonds is 2. The molecule has 0 bridgehead atoms. The highest BCUT2D eigenvalue weighted by Gasteiger charge is 2.35. The smallest absolute Gasteiger partial charge is 0.124 e. The minimum atomic E-state index is 0.863.